The molecule has 2 amide bonds. The van der Waals surface area contributed by atoms with Crippen LogP contribution in [0.15, 0.2) is 42.6 Å². The number of benzene rings is 1. The maximum Gasteiger partial charge on any atom is 0.433 e. The summed E-state index contributed by atoms with van der Waals surface area (Å²) in [6.07, 6.45) is 2.69. The number of pyridine rings is 1. The molecule has 4 heterocycles. The molecule has 3 aromatic rings. The molecule has 1 aromatic carbocycles. The van der Waals surface area contributed by atoms with Gasteiger partial charge in [0.25, 0.3) is 5.91 Å². The van der Waals surface area contributed by atoms with Gasteiger partial charge in [-0.1, -0.05) is 13.0 Å². The topological polar surface area (TPSA) is 98.6 Å². The van der Waals surface area contributed by atoms with Crippen LogP contribution < -0.4 is 14.8 Å². The Kier molecular flexibility index (Phi) is 7.45. The van der Waals surface area contributed by atoms with Crippen molar-refractivity contribution in [1.29, 1.82) is 0 Å². The third kappa shape index (κ3) is 5.55. The summed E-state index contributed by atoms with van der Waals surface area (Å²) in [5.74, 6) is 0.285. The van der Waals surface area contributed by atoms with Gasteiger partial charge < -0.3 is 18.9 Å². The SMILES string of the molecule is CC/C=C/C(=O)N1CCCC[C@@H](n2c(NC(=O)c3ccnc(C(F)(F)F)c3)nc3ccc4c(c32)OCCO4)C1. The minimum Gasteiger partial charge on any atom is -0.486 e. The average molecular weight is 544 g/mol. The molecule has 12 heteroatoms. The molecule has 2 aliphatic rings. The lowest BCUT2D eigenvalue weighted by Gasteiger charge is -2.27. The van der Waals surface area contributed by atoms with Crippen molar-refractivity contribution in [2.45, 2.75) is 44.8 Å². The number of allylic oxidation sites excluding steroid dienone is 1. The minimum atomic E-state index is -4.69. The van der Waals surface area contributed by atoms with E-state index in [4.69, 9.17) is 9.47 Å². The third-order valence-electron chi connectivity index (χ3n) is 6.71. The second-order valence-corrected chi connectivity index (χ2v) is 9.39. The summed E-state index contributed by atoms with van der Waals surface area (Å²) < 4.78 is 53.2. The quantitative estimate of drug-likeness (QED) is 0.455. The number of nitrogens with zero attached hydrogens (tertiary/aromatic N) is 4. The number of anilines is 1. The fourth-order valence-corrected chi connectivity index (χ4v) is 4.89. The summed E-state index contributed by atoms with van der Waals surface area (Å²) in [4.78, 5) is 35.8. The van der Waals surface area contributed by atoms with E-state index >= 15 is 0 Å². The van der Waals surface area contributed by atoms with Crippen molar-refractivity contribution < 1.29 is 32.2 Å². The van der Waals surface area contributed by atoms with E-state index in [0.29, 0.717) is 61.3 Å². The number of imidazole rings is 1. The van der Waals surface area contributed by atoms with Crippen LogP contribution in [0.25, 0.3) is 11.0 Å². The van der Waals surface area contributed by atoms with E-state index in [2.05, 4.69) is 15.3 Å². The molecule has 0 saturated carbocycles. The van der Waals surface area contributed by atoms with Gasteiger partial charge in [-0.25, -0.2) is 4.98 Å². The second kappa shape index (κ2) is 11.0. The number of rotatable bonds is 5. The molecule has 0 spiro atoms. The largest absolute Gasteiger partial charge is 0.486 e. The van der Waals surface area contributed by atoms with Crippen LogP contribution in [0.2, 0.25) is 0 Å². The number of hydrogen-bond donors (Lipinski definition) is 1. The van der Waals surface area contributed by atoms with Crippen LogP contribution in [-0.2, 0) is 11.0 Å². The van der Waals surface area contributed by atoms with Crippen LogP contribution in [0, 0.1) is 0 Å². The average Bonchev–Trinajstić information content (AvgIpc) is 3.11. The van der Waals surface area contributed by atoms with E-state index in [1.165, 1.54) is 6.07 Å². The Labute approximate surface area is 222 Å². The first-order valence-electron chi connectivity index (χ1n) is 12.9. The Balaban J connectivity index is 1.57. The van der Waals surface area contributed by atoms with Gasteiger partial charge in [0.1, 0.15) is 24.4 Å². The number of fused-ring (bicyclic) bond motifs is 3. The first-order chi connectivity index (χ1) is 18.8. The summed E-state index contributed by atoms with van der Waals surface area (Å²) in [6.45, 7) is 3.61. The fraction of sp³-hybridized carbons (Fsp3) is 0.407. The van der Waals surface area contributed by atoms with Crippen molar-refractivity contribution in [3.05, 3.63) is 53.9 Å². The highest BCUT2D eigenvalue weighted by molar-refractivity contribution is 6.04. The van der Waals surface area contributed by atoms with E-state index in [1.54, 1.807) is 23.1 Å². The standard InChI is InChI=1S/C27H28F3N5O4/c1-2-3-7-22(36)34-12-5-4-6-18(16-34)35-23-19(8-9-20-24(23)39-14-13-38-20)32-26(35)33-25(37)17-10-11-31-21(15-17)27(28,29)30/h3,7-11,15,18H,2,4-6,12-14,16H2,1H3,(H,32,33,37)/b7-3+/t18-/m1/s1. The first-order valence-corrected chi connectivity index (χ1v) is 12.9. The zero-order valence-electron chi connectivity index (χ0n) is 21.3. The Morgan fingerprint density at radius 1 is 1.18 bits per heavy atom. The van der Waals surface area contributed by atoms with Crippen LogP contribution >= 0.6 is 0 Å². The van der Waals surface area contributed by atoms with Gasteiger partial charge in [0.2, 0.25) is 11.9 Å². The molecule has 206 valence electrons. The van der Waals surface area contributed by atoms with E-state index in [1.807, 2.05) is 17.6 Å². The number of alkyl halides is 3. The van der Waals surface area contributed by atoms with Crippen molar-refractivity contribution in [2.24, 2.45) is 0 Å². The Morgan fingerprint density at radius 2 is 2.00 bits per heavy atom. The molecule has 1 saturated heterocycles. The molecule has 0 aliphatic carbocycles. The lowest BCUT2D eigenvalue weighted by atomic mass is 10.1. The van der Waals surface area contributed by atoms with Gasteiger partial charge >= 0.3 is 6.18 Å². The van der Waals surface area contributed by atoms with Gasteiger partial charge in [0, 0.05) is 24.8 Å². The Bertz CT molecular complexity index is 1420. The number of carbonyl (C=O) groups is 2. The van der Waals surface area contributed by atoms with Gasteiger partial charge in [0.15, 0.2) is 11.5 Å². The summed E-state index contributed by atoms with van der Waals surface area (Å²) in [7, 11) is 0. The zero-order chi connectivity index (χ0) is 27.6. The van der Waals surface area contributed by atoms with Gasteiger partial charge in [-0.3, -0.25) is 19.9 Å². The highest BCUT2D eigenvalue weighted by atomic mass is 19.4. The summed E-state index contributed by atoms with van der Waals surface area (Å²) in [5, 5.41) is 2.70. The Morgan fingerprint density at radius 3 is 2.79 bits per heavy atom. The minimum absolute atomic E-state index is 0.100. The molecule has 1 N–H and O–H groups in total. The number of carbonyl (C=O) groups excluding carboxylic acids is 2. The van der Waals surface area contributed by atoms with Crippen molar-refractivity contribution in [2.75, 3.05) is 31.6 Å². The van der Waals surface area contributed by atoms with Gasteiger partial charge in [-0.15, -0.1) is 0 Å². The monoisotopic (exact) mass is 543 g/mol. The third-order valence-corrected chi connectivity index (χ3v) is 6.71. The molecule has 0 radical (unpaired) electrons. The molecule has 0 unspecified atom stereocenters. The predicted molar refractivity (Wildman–Crippen MR) is 137 cm³/mol. The van der Waals surface area contributed by atoms with Gasteiger partial charge in [-0.05, 0) is 56.0 Å². The van der Waals surface area contributed by atoms with E-state index in [9.17, 15) is 22.8 Å². The number of amides is 2. The molecule has 0 bridgehead atoms. The van der Waals surface area contributed by atoms with Crippen LogP contribution in [0.4, 0.5) is 19.1 Å². The predicted octanol–water partition coefficient (Wildman–Crippen LogP) is 4.99. The van der Waals surface area contributed by atoms with E-state index in [-0.39, 0.29) is 23.5 Å². The smallest absolute Gasteiger partial charge is 0.433 e. The number of halogens is 3. The molecular weight excluding hydrogens is 515 g/mol. The zero-order valence-corrected chi connectivity index (χ0v) is 21.3. The maximum absolute atomic E-state index is 13.2. The van der Waals surface area contributed by atoms with E-state index < -0.39 is 17.8 Å². The number of likely N-dealkylation sites (tertiary alicyclic amines) is 1. The molecule has 9 nitrogen and oxygen atoms in total. The molecule has 39 heavy (non-hydrogen) atoms. The van der Waals surface area contributed by atoms with Crippen molar-refractivity contribution in [3.8, 4) is 11.5 Å². The molecule has 2 aliphatic heterocycles. The first kappa shape index (κ1) is 26.5. The summed E-state index contributed by atoms with van der Waals surface area (Å²) >= 11 is 0. The van der Waals surface area contributed by atoms with Crippen LogP contribution in [0.3, 0.4) is 0 Å². The molecular formula is C27H28F3N5O4. The molecule has 5 rings (SSSR count). The second-order valence-electron chi connectivity index (χ2n) is 9.39. The number of hydrogen-bond acceptors (Lipinski definition) is 6. The van der Waals surface area contributed by atoms with Gasteiger partial charge in [0.05, 0.1) is 11.6 Å². The molecule has 2 aromatic heterocycles. The summed E-state index contributed by atoms with van der Waals surface area (Å²) in [5.41, 5.74) is -0.258. The highest BCUT2D eigenvalue weighted by Gasteiger charge is 2.34. The number of aromatic nitrogens is 3. The van der Waals surface area contributed by atoms with Crippen LogP contribution in [0.5, 0.6) is 11.5 Å². The van der Waals surface area contributed by atoms with Crippen LogP contribution in [0.1, 0.15) is 54.7 Å². The lowest BCUT2D eigenvalue weighted by molar-refractivity contribution is -0.141. The number of ether oxygens (including phenoxy) is 2. The van der Waals surface area contributed by atoms with E-state index in [0.717, 1.165) is 25.5 Å². The molecule has 1 atom stereocenters. The van der Waals surface area contributed by atoms with Crippen molar-refractivity contribution in [1.82, 2.24) is 19.4 Å². The normalized spacial score (nSPS) is 17.8. The fourth-order valence-electron chi connectivity index (χ4n) is 4.89. The Hall–Kier alpha value is -4.09. The lowest BCUT2D eigenvalue weighted by Crippen LogP contribution is -2.34. The van der Waals surface area contributed by atoms with Crippen molar-refractivity contribution >= 4 is 28.8 Å². The molecule has 1 fully saturated rings. The van der Waals surface area contributed by atoms with Crippen molar-refractivity contribution in [3.63, 3.8) is 0 Å². The van der Waals surface area contributed by atoms with Crippen LogP contribution in [-0.4, -0.2) is 57.6 Å². The highest BCUT2D eigenvalue weighted by Crippen LogP contribution is 2.41. The summed E-state index contributed by atoms with van der Waals surface area (Å²) in [6, 6.07) is 5.10. The van der Waals surface area contributed by atoms with Gasteiger partial charge in [-0.2, -0.15) is 13.2 Å². The maximum atomic E-state index is 13.2. The number of nitrogens with one attached hydrogen (secondary N) is 1.